The first-order chi connectivity index (χ1) is 6.95. The molecule has 1 atom stereocenters. The molecule has 0 saturated heterocycles. The second kappa shape index (κ2) is 2.84. The molecule has 0 amide bonds. The van der Waals surface area contributed by atoms with Crippen LogP contribution in [0.25, 0.3) is 0 Å². The minimum atomic E-state index is 0.224. The van der Waals surface area contributed by atoms with Gasteiger partial charge in [0.25, 0.3) is 0 Å². The number of aliphatic imine (C=N–C) groups is 1. The van der Waals surface area contributed by atoms with Crippen molar-refractivity contribution in [3.8, 4) is 0 Å². The topological polar surface area (TPSA) is 25.5 Å². The van der Waals surface area contributed by atoms with Gasteiger partial charge in [0.05, 0.1) is 6.26 Å². The lowest BCUT2D eigenvalue weighted by Gasteiger charge is -1.94. The first-order valence-electron chi connectivity index (χ1n) is 4.62. The van der Waals surface area contributed by atoms with Crippen LogP contribution < -0.4 is 0 Å². The molecule has 0 radical (unpaired) electrons. The number of hydrogen-bond acceptors (Lipinski definition) is 2. The summed E-state index contributed by atoms with van der Waals surface area (Å²) in [5, 5.41) is 0. The standard InChI is InChI=1S/C12H9NO/c1-2-5-9(6-3-1)11-12(13-11)10-7-4-8-14-10/h1-8,11H/t11-/m0/s1. The van der Waals surface area contributed by atoms with Crippen LogP contribution in [-0.4, -0.2) is 5.71 Å². The molecule has 3 rings (SSSR count). The Morgan fingerprint density at radius 2 is 1.86 bits per heavy atom. The van der Waals surface area contributed by atoms with Gasteiger partial charge in [-0.25, -0.2) is 0 Å². The zero-order valence-corrected chi connectivity index (χ0v) is 7.55. The van der Waals surface area contributed by atoms with Gasteiger partial charge in [-0.15, -0.1) is 0 Å². The molecule has 14 heavy (non-hydrogen) atoms. The molecule has 1 aromatic carbocycles. The molecular formula is C12H9NO. The van der Waals surface area contributed by atoms with Crippen molar-refractivity contribution >= 4 is 5.71 Å². The summed E-state index contributed by atoms with van der Waals surface area (Å²) < 4.78 is 5.28. The van der Waals surface area contributed by atoms with E-state index >= 15 is 0 Å². The molecule has 2 aromatic rings. The quantitative estimate of drug-likeness (QED) is 0.702. The van der Waals surface area contributed by atoms with Crippen LogP contribution in [0.15, 0.2) is 58.1 Å². The van der Waals surface area contributed by atoms with Gasteiger partial charge >= 0.3 is 0 Å². The normalized spacial score (nSPS) is 19.1. The number of furan rings is 1. The summed E-state index contributed by atoms with van der Waals surface area (Å²) >= 11 is 0. The van der Waals surface area contributed by atoms with Crippen molar-refractivity contribution in [1.29, 1.82) is 0 Å². The Kier molecular flexibility index (Phi) is 1.53. The highest BCUT2D eigenvalue weighted by Gasteiger charge is 2.32. The van der Waals surface area contributed by atoms with Gasteiger partial charge < -0.3 is 4.42 Å². The smallest absolute Gasteiger partial charge is 0.150 e. The molecule has 1 aliphatic heterocycles. The van der Waals surface area contributed by atoms with Gasteiger partial charge in [0.2, 0.25) is 0 Å². The Balaban J connectivity index is 1.83. The third-order valence-corrected chi connectivity index (χ3v) is 2.35. The molecule has 0 fully saturated rings. The van der Waals surface area contributed by atoms with Gasteiger partial charge in [0.1, 0.15) is 17.5 Å². The molecule has 0 N–H and O–H groups in total. The Morgan fingerprint density at radius 1 is 1.00 bits per heavy atom. The second-order valence-corrected chi connectivity index (χ2v) is 3.30. The summed E-state index contributed by atoms with van der Waals surface area (Å²) in [6, 6.07) is 14.3. The van der Waals surface area contributed by atoms with E-state index in [1.165, 1.54) is 5.56 Å². The third kappa shape index (κ3) is 1.16. The highest BCUT2D eigenvalue weighted by atomic mass is 16.3. The van der Waals surface area contributed by atoms with E-state index < -0.39 is 0 Å². The number of benzene rings is 1. The lowest BCUT2D eigenvalue weighted by atomic mass is 10.1. The summed E-state index contributed by atoms with van der Waals surface area (Å²) in [5.74, 6) is 0.888. The van der Waals surface area contributed by atoms with Crippen molar-refractivity contribution in [2.24, 2.45) is 4.99 Å². The van der Waals surface area contributed by atoms with Crippen molar-refractivity contribution in [2.75, 3.05) is 0 Å². The van der Waals surface area contributed by atoms with Crippen molar-refractivity contribution in [3.63, 3.8) is 0 Å². The van der Waals surface area contributed by atoms with Crippen LogP contribution >= 0.6 is 0 Å². The SMILES string of the molecule is c1ccc([C@@H]2N=C2c2ccco2)cc1. The fourth-order valence-corrected chi connectivity index (χ4v) is 1.59. The first-order valence-corrected chi connectivity index (χ1v) is 4.62. The van der Waals surface area contributed by atoms with Gasteiger partial charge in [0, 0.05) is 0 Å². The maximum absolute atomic E-state index is 5.28. The molecule has 0 saturated carbocycles. The average molecular weight is 183 g/mol. The molecule has 2 nitrogen and oxygen atoms in total. The Morgan fingerprint density at radius 3 is 2.57 bits per heavy atom. The van der Waals surface area contributed by atoms with E-state index in [-0.39, 0.29) is 6.04 Å². The maximum atomic E-state index is 5.28. The predicted molar refractivity (Wildman–Crippen MR) is 54.4 cm³/mol. The van der Waals surface area contributed by atoms with E-state index in [1.807, 2.05) is 30.3 Å². The Labute approximate surface area is 81.9 Å². The van der Waals surface area contributed by atoms with Crippen LogP contribution in [0.1, 0.15) is 17.4 Å². The average Bonchev–Trinajstić information content (AvgIpc) is 2.87. The molecular weight excluding hydrogens is 174 g/mol. The van der Waals surface area contributed by atoms with Crippen LogP contribution in [0.2, 0.25) is 0 Å². The summed E-state index contributed by atoms with van der Waals surface area (Å²) in [5.41, 5.74) is 2.29. The predicted octanol–water partition coefficient (Wildman–Crippen LogP) is 2.82. The molecule has 68 valence electrons. The lowest BCUT2D eigenvalue weighted by Crippen LogP contribution is -1.90. The fraction of sp³-hybridized carbons (Fsp3) is 0.0833. The highest BCUT2D eigenvalue weighted by Crippen LogP contribution is 2.34. The van der Waals surface area contributed by atoms with Gasteiger partial charge in [0.15, 0.2) is 0 Å². The molecule has 0 spiro atoms. The zero-order valence-electron chi connectivity index (χ0n) is 7.55. The van der Waals surface area contributed by atoms with Crippen LogP contribution in [0.4, 0.5) is 0 Å². The molecule has 1 aromatic heterocycles. The van der Waals surface area contributed by atoms with Gasteiger partial charge in [-0.05, 0) is 17.7 Å². The molecule has 0 bridgehead atoms. The van der Waals surface area contributed by atoms with Crippen LogP contribution in [0.5, 0.6) is 0 Å². The van der Waals surface area contributed by atoms with Gasteiger partial charge in [-0.1, -0.05) is 30.3 Å². The molecule has 1 aliphatic rings. The first kappa shape index (κ1) is 7.56. The van der Waals surface area contributed by atoms with E-state index in [0.29, 0.717) is 0 Å². The summed E-state index contributed by atoms with van der Waals surface area (Å²) in [7, 11) is 0. The summed E-state index contributed by atoms with van der Waals surface area (Å²) in [4.78, 5) is 4.39. The lowest BCUT2D eigenvalue weighted by molar-refractivity contribution is 0.559. The van der Waals surface area contributed by atoms with Crippen LogP contribution in [0.3, 0.4) is 0 Å². The number of rotatable bonds is 2. The van der Waals surface area contributed by atoms with Crippen LogP contribution in [0, 0.1) is 0 Å². The van der Waals surface area contributed by atoms with E-state index in [2.05, 4.69) is 17.1 Å². The monoisotopic (exact) mass is 183 g/mol. The van der Waals surface area contributed by atoms with Gasteiger partial charge in [-0.2, -0.15) is 0 Å². The van der Waals surface area contributed by atoms with Crippen LogP contribution in [-0.2, 0) is 0 Å². The summed E-state index contributed by atoms with van der Waals surface area (Å²) in [6.07, 6.45) is 1.68. The molecule has 0 unspecified atom stereocenters. The zero-order chi connectivity index (χ0) is 9.38. The molecule has 2 heterocycles. The number of nitrogens with zero attached hydrogens (tertiary/aromatic N) is 1. The molecule has 0 aliphatic carbocycles. The third-order valence-electron chi connectivity index (χ3n) is 2.35. The molecule has 2 heteroatoms. The largest absolute Gasteiger partial charge is 0.463 e. The van der Waals surface area contributed by atoms with E-state index in [4.69, 9.17) is 4.42 Å². The fourth-order valence-electron chi connectivity index (χ4n) is 1.59. The highest BCUT2D eigenvalue weighted by molar-refractivity contribution is 6.11. The second-order valence-electron chi connectivity index (χ2n) is 3.30. The number of hydrogen-bond donors (Lipinski definition) is 0. The summed E-state index contributed by atoms with van der Waals surface area (Å²) in [6.45, 7) is 0. The van der Waals surface area contributed by atoms with E-state index in [0.717, 1.165) is 11.5 Å². The van der Waals surface area contributed by atoms with Crippen molar-refractivity contribution in [2.45, 2.75) is 6.04 Å². The minimum Gasteiger partial charge on any atom is -0.463 e. The maximum Gasteiger partial charge on any atom is 0.150 e. The van der Waals surface area contributed by atoms with E-state index in [1.54, 1.807) is 6.26 Å². The van der Waals surface area contributed by atoms with Crippen molar-refractivity contribution < 1.29 is 4.42 Å². The van der Waals surface area contributed by atoms with Gasteiger partial charge in [-0.3, -0.25) is 4.99 Å². The van der Waals surface area contributed by atoms with Crippen molar-refractivity contribution in [3.05, 3.63) is 60.1 Å². The van der Waals surface area contributed by atoms with E-state index in [9.17, 15) is 0 Å². The minimum absolute atomic E-state index is 0.224. The Bertz CT molecular complexity index is 456. The van der Waals surface area contributed by atoms with Crippen molar-refractivity contribution in [1.82, 2.24) is 0 Å². The Hall–Kier alpha value is -1.83.